The lowest BCUT2D eigenvalue weighted by Gasteiger charge is -2.11. The second-order valence-corrected chi connectivity index (χ2v) is 7.36. The van der Waals surface area contributed by atoms with Crippen LogP contribution in [-0.2, 0) is 6.54 Å². The van der Waals surface area contributed by atoms with Crippen molar-refractivity contribution in [2.75, 3.05) is 5.75 Å². The summed E-state index contributed by atoms with van der Waals surface area (Å²) >= 11 is 13.7. The predicted molar refractivity (Wildman–Crippen MR) is 105 cm³/mol. The molecule has 1 heterocycles. The molecule has 1 amide bonds. The SMILES string of the molecule is CCSc1nnc(CNC(=O)c2ccccc2)n1-c1ccc(Cl)c(Cl)c1. The van der Waals surface area contributed by atoms with Crippen LogP contribution in [0.4, 0.5) is 0 Å². The molecule has 3 rings (SSSR count). The molecule has 0 atom stereocenters. The Morgan fingerprint density at radius 3 is 2.58 bits per heavy atom. The molecule has 0 spiro atoms. The number of halogens is 2. The highest BCUT2D eigenvalue weighted by molar-refractivity contribution is 7.99. The van der Waals surface area contributed by atoms with Crippen molar-refractivity contribution in [1.29, 1.82) is 0 Å². The van der Waals surface area contributed by atoms with Crippen LogP contribution in [0.1, 0.15) is 23.1 Å². The van der Waals surface area contributed by atoms with Crippen LogP contribution in [-0.4, -0.2) is 26.4 Å². The van der Waals surface area contributed by atoms with Crippen LogP contribution >= 0.6 is 35.0 Å². The van der Waals surface area contributed by atoms with E-state index in [-0.39, 0.29) is 12.5 Å². The summed E-state index contributed by atoms with van der Waals surface area (Å²) in [4.78, 5) is 12.3. The molecule has 0 saturated carbocycles. The van der Waals surface area contributed by atoms with Crippen molar-refractivity contribution in [2.24, 2.45) is 0 Å². The van der Waals surface area contributed by atoms with E-state index in [0.29, 0.717) is 21.4 Å². The number of amides is 1. The van der Waals surface area contributed by atoms with Gasteiger partial charge in [0.2, 0.25) is 0 Å². The Kier molecular flexibility index (Phi) is 6.19. The summed E-state index contributed by atoms with van der Waals surface area (Å²) in [7, 11) is 0. The Bertz CT molecular complexity index is 915. The Morgan fingerprint density at radius 2 is 1.88 bits per heavy atom. The van der Waals surface area contributed by atoms with E-state index < -0.39 is 0 Å². The highest BCUT2D eigenvalue weighted by atomic mass is 35.5. The van der Waals surface area contributed by atoms with Gasteiger partial charge in [-0.2, -0.15) is 0 Å². The maximum Gasteiger partial charge on any atom is 0.251 e. The van der Waals surface area contributed by atoms with Gasteiger partial charge < -0.3 is 5.32 Å². The zero-order valence-electron chi connectivity index (χ0n) is 13.9. The molecule has 2 aromatic carbocycles. The van der Waals surface area contributed by atoms with Crippen molar-refractivity contribution in [1.82, 2.24) is 20.1 Å². The van der Waals surface area contributed by atoms with Gasteiger partial charge in [-0.1, -0.05) is 60.1 Å². The monoisotopic (exact) mass is 406 g/mol. The number of rotatable bonds is 6. The van der Waals surface area contributed by atoms with Crippen LogP contribution in [0.5, 0.6) is 0 Å². The van der Waals surface area contributed by atoms with Crippen LogP contribution in [0.25, 0.3) is 5.69 Å². The quantitative estimate of drug-likeness (QED) is 0.606. The lowest BCUT2D eigenvalue weighted by atomic mass is 10.2. The number of carbonyl (C=O) groups excluding carboxylic acids is 1. The molecule has 0 fully saturated rings. The third kappa shape index (κ3) is 4.20. The number of thioether (sulfide) groups is 1. The summed E-state index contributed by atoms with van der Waals surface area (Å²) in [6, 6.07) is 14.4. The fourth-order valence-electron chi connectivity index (χ4n) is 2.37. The van der Waals surface area contributed by atoms with E-state index in [4.69, 9.17) is 23.2 Å². The van der Waals surface area contributed by atoms with Crippen LogP contribution in [0.2, 0.25) is 10.0 Å². The molecule has 26 heavy (non-hydrogen) atoms. The molecule has 0 aliphatic heterocycles. The maximum absolute atomic E-state index is 12.3. The molecule has 8 heteroatoms. The van der Waals surface area contributed by atoms with Crippen LogP contribution in [0.15, 0.2) is 53.7 Å². The van der Waals surface area contributed by atoms with Crippen molar-refractivity contribution >= 4 is 40.9 Å². The van der Waals surface area contributed by atoms with Gasteiger partial charge in [0.1, 0.15) is 0 Å². The molecule has 0 bridgehead atoms. The van der Waals surface area contributed by atoms with Gasteiger partial charge in [-0.15, -0.1) is 10.2 Å². The van der Waals surface area contributed by atoms with E-state index in [1.807, 2.05) is 35.8 Å². The summed E-state index contributed by atoms with van der Waals surface area (Å²) < 4.78 is 1.88. The van der Waals surface area contributed by atoms with E-state index in [2.05, 4.69) is 15.5 Å². The molecule has 0 aliphatic rings. The van der Waals surface area contributed by atoms with Gasteiger partial charge in [-0.3, -0.25) is 9.36 Å². The summed E-state index contributed by atoms with van der Waals surface area (Å²) in [6.07, 6.45) is 0. The minimum atomic E-state index is -0.168. The van der Waals surface area contributed by atoms with Crippen LogP contribution < -0.4 is 5.32 Å². The standard InChI is InChI=1S/C18H16Cl2N4OS/c1-2-26-18-23-22-16(11-21-17(25)12-6-4-3-5-7-12)24(18)13-8-9-14(19)15(20)10-13/h3-10H,2,11H2,1H3,(H,21,25). The summed E-state index contributed by atoms with van der Waals surface area (Å²) in [5.41, 5.74) is 1.39. The van der Waals surface area contributed by atoms with Gasteiger partial charge in [0.15, 0.2) is 11.0 Å². The molecule has 134 valence electrons. The third-order valence-electron chi connectivity index (χ3n) is 3.58. The number of hydrogen-bond acceptors (Lipinski definition) is 4. The zero-order valence-corrected chi connectivity index (χ0v) is 16.3. The van der Waals surface area contributed by atoms with Crippen molar-refractivity contribution in [3.05, 3.63) is 70.0 Å². The highest BCUT2D eigenvalue weighted by Gasteiger charge is 2.16. The number of nitrogens with one attached hydrogen (secondary N) is 1. The Balaban J connectivity index is 1.87. The smallest absolute Gasteiger partial charge is 0.251 e. The minimum Gasteiger partial charge on any atom is -0.345 e. The summed E-state index contributed by atoms with van der Waals surface area (Å²) in [5, 5.41) is 13.0. The third-order valence-corrected chi connectivity index (χ3v) is 5.13. The lowest BCUT2D eigenvalue weighted by Crippen LogP contribution is -2.24. The normalized spacial score (nSPS) is 10.7. The van der Waals surface area contributed by atoms with E-state index in [9.17, 15) is 4.79 Å². The molecule has 1 N–H and O–H groups in total. The van der Waals surface area contributed by atoms with Gasteiger partial charge >= 0.3 is 0 Å². The van der Waals surface area contributed by atoms with Crippen LogP contribution in [0.3, 0.4) is 0 Å². The first-order valence-corrected chi connectivity index (χ1v) is 9.70. The Morgan fingerprint density at radius 1 is 1.12 bits per heavy atom. The number of nitrogens with zero attached hydrogens (tertiary/aromatic N) is 3. The van der Waals surface area contributed by atoms with Crippen LogP contribution in [0, 0.1) is 0 Å². The fraction of sp³-hybridized carbons (Fsp3) is 0.167. The first-order chi connectivity index (χ1) is 12.6. The molecule has 0 saturated heterocycles. The number of carbonyl (C=O) groups is 1. The van der Waals surface area contributed by atoms with Gasteiger partial charge in [0.05, 0.1) is 22.3 Å². The molecule has 0 radical (unpaired) electrons. The first-order valence-electron chi connectivity index (χ1n) is 7.96. The molecule has 0 unspecified atom stereocenters. The molecule has 0 aliphatic carbocycles. The van der Waals surface area contributed by atoms with Crippen molar-refractivity contribution in [2.45, 2.75) is 18.6 Å². The van der Waals surface area contributed by atoms with Crippen molar-refractivity contribution in [3.8, 4) is 5.69 Å². The van der Waals surface area contributed by atoms with E-state index in [0.717, 1.165) is 16.6 Å². The minimum absolute atomic E-state index is 0.168. The van der Waals surface area contributed by atoms with E-state index in [1.165, 1.54) is 0 Å². The highest BCUT2D eigenvalue weighted by Crippen LogP contribution is 2.28. The molecule has 1 aromatic heterocycles. The predicted octanol–water partition coefficient (Wildman–Crippen LogP) is 4.62. The second-order valence-electron chi connectivity index (χ2n) is 5.31. The number of benzene rings is 2. The van der Waals surface area contributed by atoms with Gasteiger partial charge in [-0.05, 0) is 36.1 Å². The molecular weight excluding hydrogens is 391 g/mol. The zero-order chi connectivity index (χ0) is 18.5. The van der Waals surface area contributed by atoms with Crippen molar-refractivity contribution in [3.63, 3.8) is 0 Å². The molecule has 5 nitrogen and oxygen atoms in total. The van der Waals surface area contributed by atoms with Gasteiger partial charge in [0, 0.05) is 5.56 Å². The second kappa shape index (κ2) is 8.58. The Labute approximate surface area is 165 Å². The van der Waals surface area contributed by atoms with E-state index in [1.54, 1.807) is 36.0 Å². The van der Waals surface area contributed by atoms with Gasteiger partial charge in [0.25, 0.3) is 5.91 Å². The Hall–Kier alpha value is -2.02. The van der Waals surface area contributed by atoms with Gasteiger partial charge in [-0.25, -0.2) is 0 Å². The summed E-state index contributed by atoms with van der Waals surface area (Å²) in [6.45, 7) is 2.28. The topological polar surface area (TPSA) is 59.8 Å². The summed E-state index contributed by atoms with van der Waals surface area (Å²) in [5.74, 6) is 1.29. The molecule has 3 aromatic rings. The fourth-order valence-corrected chi connectivity index (χ4v) is 3.36. The number of hydrogen-bond donors (Lipinski definition) is 1. The molecular formula is C18H16Cl2N4OS. The largest absolute Gasteiger partial charge is 0.345 e. The first kappa shape index (κ1) is 18.8. The maximum atomic E-state index is 12.3. The lowest BCUT2D eigenvalue weighted by molar-refractivity contribution is 0.0949. The average Bonchev–Trinajstić information content (AvgIpc) is 3.05. The van der Waals surface area contributed by atoms with E-state index >= 15 is 0 Å². The van der Waals surface area contributed by atoms with Crippen molar-refractivity contribution < 1.29 is 4.79 Å². The number of aromatic nitrogens is 3. The average molecular weight is 407 g/mol.